The van der Waals surface area contributed by atoms with Crippen LogP contribution >= 0.6 is 0 Å². The molecule has 3 aromatic rings. The maximum atomic E-state index is 4.94. The van der Waals surface area contributed by atoms with Gasteiger partial charge < -0.3 is 14.7 Å². The van der Waals surface area contributed by atoms with Gasteiger partial charge in [-0.2, -0.15) is 5.10 Å². The van der Waals surface area contributed by atoms with Gasteiger partial charge in [-0.3, -0.25) is 5.10 Å². The molecule has 2 aliphatic heterocycles. The molecule has 31 heavy (non-hydrogen) atoms. The number of aromatic amines is 1. The zero-order valence-electron chi connectivity index (χ0n) is 18.7. The second-order valence-electron chi connectivity index (χ2n) is 8.78. The molecule has 1 atom stereocenters. The van der Waals surface area contributed by atoms with Crippen LogP contribution in [-0.4, -0.2) is 64.3 Å². The van der Waals surface area contributed by atoms with E-state index in [1.807, 2.05) is 6.07 Å². The average molecular weight is 418 g/mol. The molecule has 2 aliphatic rings. The molecule has 1 fully saturated rings. The first-order chi connectivity index (χ1) is 15.1. The molecule has 1 aromatic carbocycles. The summed E-state index contributed by atoms with van der Waals surface area (Å²) in [6.07, 6.45) is 3.67. The van der Waals surface area contributed by atoms with Crippen LogP contribution in [0.5, 0.6) is 0 Å². The normalized spacial score (nSPS) is 19.5. The topological polar surface area (TPSA) is 64.2 Å². The van der Waals surface area contributed by atoms with Gasteiger partial charge >= 0.3 is 0 Å². The molecule has 4 heterocycles. The van der Waals surface area contributed by atoms with Gasteiger partial charge in [0.1, 0.15) is 17.5 Å². The number of hydrogen-bond donors (Lipinski definition) is 1. The lowest BCUT2D eigenvalue weighted by molar-refractivity contribution is 0.312. The Morgan fingerprint density at radius 3 is 2.55 bits per heavy atom. The van der Waals surface area contributed by atoms with E-state index in [9.17, 15) is 0 Å². The Balaban J connectivity index is 1.46. The van der Waals surface area contributed by atoms with Crippen LogP contribution in [0.25, 0.3) is 11.3 Å². The van der Waals surface area contributed by atoms with Crippen LogP contribution < -0.4 is 9.80 Å². The van der Waals surface area contributed by atoms with Crippen LogP contribution in [0.15, 0.2) is 36.5 Å². The minimum Gasteiger partial charge on any atom is -0.354 e. The Kier molecular flexibility index (Phi) is 5.36. The minimum atomic E-state index is 0.394. The van der Waals surface area contributed by atoms with Gasteiger partial charge in [-0.1, -0.05) is 19.1 Å². The second-order valence-corrected chi connectivity index (χ2v) is 8.78. The fourth-order valence-electron chi connectivity index (χ4n) is 4.60. The summed E-state index contributed by atoms with van der Waals surface area (Å²) in [6, 6.07) is 11.4. The second kappa shape index (κ2) is 8.30. The van der Waals surface area contributed by atoms with Crippen molar-refractivity contribution >= 4 is 11.6 Å². The first kappa shape index (κ1) is 20.0. The maximum Gasteiger partial charge on any atom is 0.134 e. The van der Waals surface area contributed by atoms with Crippen LogP contribution in [0.4, 0.5) is 11.6 Å². The number of piperazine rings is 1. The third-order valence-corrected chi connectivity index (χ3v) is 6.59. The molecule has 0 saturated carbocycles. The van der Waals surface area contributed by atoms with Crippen molar-refractivity contribution in [2.45, 2.75) is 39.3 Å². The van der Waals surface area contributed by atoms with Crippen molar-refractivity contribution in [3.8, 4) is 11.3 Å². The van der Waals surface area contributed by atoms with E-state index in [1.165, 1.54) is 16.7 Å². The number of hydrogen-bond acceptors (Lipinski definition) is 6. The number of nitrogens with zero attached hydrogens (tertiary/aromatic N) is 6. The standard InChI is InChI=1S/C24H31N7/c1-4-22-26-23(30-11-9-29(3)10-12-30)15-24(27-22)31-16-20-14-19(21-7-8-25-28-21)6-5-18(20)13-17(31)2/h5-8,14-15,17H,4,9-13,16H2,1-3H3,(H,25,28). The van der Waals surface area contributed by atoms with Gasteiger partial charge in [-0.05, 0) is 49.2 Å². The Labute approximate surface area is 184 Å². The number of rotatable bonds is 4. The number of aromatic nitrogens is 4. The molecule has 7 nitrogen and oxygen atoms in total. The smallest absolute Gasteiger partial charge is 0.134 e. The molecule has 5 rings (SSSR count). The molecule has 0 spiro atoms. The Hall–Kier alpha value is -2.93. The molecule has 162 valence electrons. The van der Waals surface area contributed by atoms with Gasteiger partial charge in [0.15, 0.2) is 0 Å². The summed E-state index contributed by atoms with van der Waals surface area (Å²) in [7, 11) is 2.19. The van der Waals surface area contributed by atoms with Crippen molar-refractivity contribution in [3.63, 3.8) is 0 Å². The summed E-state index contributed by atoms with van der Waals surface area (Å²) < 4.78 is 0. The van der Waals surface area contributed by atoms with Gasteiger partial charge in [0.05, 0.1) is 5.69 Å². The largest absolute Gasteiger partial charge is 0.354 e. The van der Waals surface area contributed by atoms with Gasteiger partial charge in [-0.15, -0.1) is 0 Å². The van der Waals surface area contributed by atoms with E-state index in [1.54, 1.807) is 6.20 Å². The third-order valence-electron chi connectivity index (χ3n) is 6.59. The summed E-state index contributed by atoms with van der Waals surface area (Å²) in [6.45, 7) is 9.48. The summed E-state index contributed by atoms with van der Waals surface area (Å²) >= 11 is 0. The molecule has 0 amide bonds. The number of nitrogens with one attached hydrogen (secondary N) is 1. The van der Waals surface area contributed by atoms with Crippen molar-refractivity contribution in [2.75, 3.05) is 43.0 Å². The van der Waals surface area contributed by atoms with Crippen LogP contribution in [0.2, 0.25) is 0 Å². The van der Waals surface area contributed by atoms with Crippen LogP contribution in [0, 0.1) is 0 Å². The molecule has 0 radical (unpaired) electrons. The Bertz CT molecular complexity index is 1040. The number of benzene rings is 1. The van der Waals surface area contributed by atoms with Crippen molar-refractivity contribution < 1.29 is 0 Å². The van der Waals surface area contributed by atoms with E-state index in [0.29, 0.717) is 6.04 Å². The van der Waals surface area contributed by atoms with E-state index in [-0.39, 0.29) is 0 Å². The molecule has 0 aliphatic carbocycles. The predicted molar refractivity (Wildman–Crippen MR) is 124 cm³/mol. The molecule has 2 aromatic heterocycles. The average Bonchev–Trinajstić information content (AvgIpc) is 3.33. The van der Waals surface area contributed by atoms with E-state index in [2.05, 4.69) is 70.1 Å². The van der Waals surface area contributed by atoms with Gasteiger partial charge in [0.2, 0.25) is 0 Å². The summed E-state index contributed by atoms with van der Waals surface area (Å²) in [5.41, 5.74) is 5.03. The quantitative estimate of drug-likeness (QED) is 0.704. The zero-order chi connectivity index (χ0) is 21.4. The lowest BCUT2D eigenvalue weighted by Gasteiger charge is -2.37. The molecular weight excluding hydrogens is 386 g/mol. The van der Waals surface area contributed by atoms with E-state index < -0.39 is 0 Å². The maximum absolute atomic E-state index is 4.94. The van der Waals surface area contributed by atoms with E-state index in [0.717, 1.165) is 68.7 Å². The first-order valence-electron chi connectivity index (χ1n) is 11.3. The summed E-state index contributed by atoms with van der Waals surface area (Å²) in [4.78, 5) is 17.0. The fourth-order valence-corrected chi connectivity index (χ4v) is 4.60. The van der Waals surface area contributed by atoms with E-state index in [4.69, 9.17) is 9.97 Å². The van der Waals surface area contributed by atoms with Crippen LogP contribution in [-0.2, 0) is 19.4 Å². The van der Waals surface area contributed by atoms with Gasteiger partial charge in [0.25, 0.3) is 0 Å². The number of likely N-dealkylation sites (N-methyl/N-ethyl adjacent to an activating group) is 1. The zero-order valence-corrected chi connectivity index (χ0v) is 18.7. The van der Waals surface area contributed by atoms with Crippen molar-refractivity contribution in [2.24, 2.45) is 0 Å². The Morgan fingerprint density at radius 2 is 1.81 bits per heavy atom. The monoisotopic (exact) mass is 417 g/mol. The fraction of sp³-hybridized carbons (Fsp3) is 0.458. The van der Waals surface area contributed by atoms with Crippen molar-refractivity contribution in [1.82, 2.24) is 25.1 Å². The molecule has 1 saturated heterocycles. The first-order valence-corrected chi connectivity index (χ1v) is 11.3. The highest BCUT2D eigenvalue weighted by molar-refractivity contribution is 5.62. The van der Waals surface area contributed by atoms with E-state index >= 15 is 0 Å². The lowest BCUT2D eigenvalue weighted by atomic mass is 9.92. The van der Waals surface area contributed by atoms with Crippen LogP contribution in [0.3, 0.4) is 0 Å². The van der Waals surface area contributed by atoms with Crippen molar-refractivity contribution in [1.29, 1.82) is 0 Å². The van der Waals surface area contributed by atoms with Crippen LogP contribution in [0.1, 0.15) is 30.8 Å². The highest BCUT2D eigenvalue weighted by Gasteiger charge is 2.26. The minimum absolute atomic E-state index is 0.394. The summed E-state index contributed by atoms with van der Waals surface area (Å²) in [5, 5.41) is 7.18. The molecule has 0 bridgehead atoms. The number of anilines is 2. The summed E-state index contributed by atoms with van der Waals surface area (Å²) in [5.74, 6) is 3.04. The van der Waals surface area contributed by atoms with Gasteiger partial charge in [0, 0.05) is 57.4 Å². The molecular formula is C24H31N7. The third kappa shape index (κ3) is 4.02. The SMILES string of the molecule is CCc1nc(N2CCN(C)CC2)cc(N2Cc3cc(-c4ccn[nH]4)ccc3CC2C)n1. The number of fused-ring (bicyclic) bond motifs is 1. The molecule has 1 unspecified atom stereocenters. The highest BCUT2D eigenvalue weighted by atomic mass is 15.3. The van der Waals surface area contributed by atoms with Crippen molar-refractivity contribution in [3.05, 3.63) is 53.5 Å². The Morgan fingerprint density at radius 1 is 1.00 bits per heavy atom. The predicted octanol–water partition coefficient (Wildman–Crippen LogP) is 3.13. The van der Waals surface area contributed by atoms with Gasteiger partial charge in [-0.25, -0.2) is 9.97 Å². The lowest BCUT2D eigenvalue weighted by Crippen LogP contribution is -2.45. The highest BCUT2D eigenvalue weighted by Crippen LogP contribution is 2.31. The molecule has 1 N–H and O–H groups in total. The molecule has 7 heteroatoms. The number of H-pyrrole nitrogens is 1. The number of aryl methyl sites for hydroxylation is 1.